The molecule has 1 fully saturated rings. The molecule has 1 N–H and O–H groups in total. The highest BCUT2D eigenvalue weighted by Crippen LogP contribution is 2.40. The number of amides is 3. The van der Waals surface area contributed by atoms with Crippen molar-refractivity contribution in [1.29, 1.82) is 0 Å². The lowest BCUT2D eigenvalue weighted by Crippen LogP contribution is -2.59. The van der Waals surface area contributed by atoms with Crippen LogP contribution >= 0.6 is 11.8 Å². The molecule has 3 amide bonds. The smallest absolute Gasteiger partial charge is 0.249 e. The highest BCUT2D eigenvalue weighted by atomic mass is 32.2. The minimum Gasteiger partial charge on any atom is -0.321 e. The van der Waals surface area contributed by atoms with Gasteiger partial charge in [-0.25, -0.2) is 0 Å². The quantitative estimate of drug-likeness (QED) is 0.775. The number of nitrogens with one attached hydrogen (secondary N) is 1. The van der Waals surface area contributed by atoms with Gasteiger partial charge in [-0.2, -0.15) is 0 Å². The van der Waals surface area contributed by atoms with Crippen LogP contribution in [-0.4, -0.2) is 41.0 Å². The highest BCUT2D eigenvalue weighted by Gasteiger charge is 2.39. The summed E-state index contributed by atoms with van der Waals surface area (Å²) < 4.78 is 0. The maximum atomic E-state index is 12.6. The molecule has 0 radical (unpaired) electrons. The first kappa shape index (κ1) is 13.2. The molecule has 0 aromatic heterocycles. The molecule has 6 heteroatoms. The first-order chi connectivity index (χ1) is 9.58. The summed E-state index contributed by atoms with van der Waals surface area (Å²) in [6.07, 6.45) is 0. The molecule has 1 saturated heterocycles. The second kappa shape index (κ2) is 4.94. The zero-order valence-corrected chi connectivity index (χ0v) is 11.8. The van der Waals surface area contributed by atoms with Crippen LogP contribution in [0.5, 0.6) is 0 Å². The standard InChI is InChI=1S/C14H14N2O3S/c1-8-13(18)15-12(17)6-16(8)14(19)10-7-20-11-5-3-2-4-9(10)11/h2-5,8,10H,6-7H2,1H3,(H,15,17,18). The van der Waals surface area contributed by atoms with Crippen LogP contribution in [0.3, 0.4) is 0 Å². The van der Waals surface area contributed by atoms with E-state index < -0.39 is 17.9 Å². The van der Waals surface area contributed by atoms with E-state index in [1.54, 1.807) is 18.7 Å². The number of fused-ring (bicyclic) bond motifs is 1. The van der Waals surface area contributed by atoms with E-state index in [1.165, 1.54) is 4.90 Å². The first-order valence-electron chi connectivity index (χ1n) is 6.44. The van der Waals surface area contributed by atoms with Crippen molar-refractivity contribution in [1.82, 2.24) is 10.2 Å². The largest absolute Gasteiger partial charge is 0.321 e. The van der Waals surface area contributed by atoms with Crippen LogP contribution in [0.4, 0.5) is 0 Å². The molecule has 2 unspecified atom stereocenters. The summed E-state index contributed by atoms with van der Waals surface area (Å²) in [5, 5.41) is 2.25. The normalized spacial score (nSPS) is 25.4. The Morgan fingerprint density at radius 2 is 2.10 bits per heavy atom. The number of rotatable bonds is 1. The Balaban J connectivity index is 1.86. The number of piperazine rings is 1. The summed E-state index contributed by atoms with van der Waals surface area (Å²) in [6.45, 7) is 1.60. The fraction of sp³-hybridized carbons (Fsp3) is 0.357. The van der Waals surface area contributed by atoms with E-state index in [-0.39, 0.29) is 18.4 Å². The van der Waals surface area contributed by atoms with E-state index in [9.17, 15) is 14.4 Å². The monoisotopic (exact) mass is 290 g/mol. The van der Waals surface area contributed by atoms with Crippen LogP contribution in [0, 0.1) is 0 Å². The Labute approximate surface area is 120 Å². The molecular formula is C14H14N2O3S. The van der Waals surface area contributed by atoms with Gasteiger partial charge in [0.15, 0.2) is 0 Å². The van der Waals surface area contributed by atoms with Gasteiger partial charge in [0.05, 0.1) is 5.92 Å². The van der Waals surface area contributed by atoms with Crippen molar-refractivity contribution in [2.75, 3.05) is 12.3 Å². The molecule has 2 aliphatic heterocycles. The van der Waals surface area contributed by atoms with Gasteiger partial charge in [-0.05, 0) is 18.6 Å². The van der Waals surface area contributed by atoms with E-state index in [1.807, 2.05) is 24.3 Å². The molecule has 3 rings (SSSR count). The zero-order valence-electron chi connectivity index (χ0n) is 11.0. The van der Waals surface area contributed by atoms with Crippen molar-refractivity contribution in [3.63, 3.8) is 0 Å². The summed E-state index contributed by atoms with van der Waals surface area (Å²) >= 11 is 1.64. The maximum Gasteiger partial charge on any atom is 0.249 e. The van der Waals surface area contributed by atoms with Gasteiger partial charge in [-0.15, -0.1) is 11.8 Å². The Hall–Kier alpha value is -1.82. The lowest BCUT2D eigenvalue weighted by atomic mass is 9.98. The summed E-state index contributed by atoms with van der Waals surface area (Å²) in [5.41, 5.74) is 0.994. The van der Waals surface area contributed by atoms with Gasteiger partial charge in [-0.1, -0.05) is 18.2 Å². The van der Waals surface area contributed by atoms with Crippen LogP contribution in [0.15, 0.2) is 29.2 Å². The second-order valence-electron chi connectivity index (χ2n) is 4.96. The number of hydrogen-bond acceptors (Lipinski definition) is 4. The van der Waals surface area contributed by atoms with Crippen molar-refractivity contribution in [2.24, 2.45) is 0 Å². The molecule has 0 saturated carbocycles. The van der Waals surface area contributed by atoms with Crippen molar-refractivity contribution < 1.29 is 14.4 Å². The van der Waals surface area contributed by atoms with Crippen molar-refractivity contribution in [3.05, 3.63) is 29.8 Å². The molecule has 2 aliphatic rings. The summed E-state index contributed by atoms with van der Waals surface area (Å²) in [4.78, 5) is 38.2. The van der Waals surface area contributed by atoms with E-state index in [0.29, 0.717) is 5.75 Å². The van der Waals surface area contributed by atoms with Crippen molar-refractivity contribution in [3.8, 4) is 0 Å². The Bertz CT molecular complexity index is 602. The molecule has 1 aromatic rings. The molecular weight excluding hydrogens is 276 g/mol. The van der Waals surface area contributed by atoms with Gasteiger partial charge in [0.25, 0.3) is 0 Å². The Morgan fingerprint density at radius 1 is 1.35 bits per heavy atom. The second-order valence-corrected chi connectivity index (χ2v) is 6.02. The van der Waals surface area contributed by atoms with Crippen molar-refractivity contribution in [2.45, 2.75) is 23.8 Å². The third kappa shape index (κ3) is 2.10. The molecule has 104 valence electrons. The van der Waals surface area contributed by atoms with E-state index in [0.717, 1.165) is 10.5 Å². The van der Waals surface area contributed by atoms with Gasteiger partial charge in [0.1, 0.15) is 12.6 Å². The number of hydrogen-bond donors (Lipinski definition) is 1. The lowest BCUT2D eigenvalue weighted by Gasteiger charge is -2.33. The van der Waals surface area contributed by atoms with E-state index in [2.05, 4.69) is 5.32 Å². The minimum atomic E-state index is -0.599. The number of thioether (sulfide) groups is 1. The van der Waals surface area contributed by atoms with E-state index in [4.69, 9.17) is 0 Å². The molecule has 5 nitrogen and oxygen atoms in total. The zero-order chi connectivity index (χ0) is 14.3. The van der Waals surface area contributed by atoms with Crippen LogP contribution < -0.4 is 5.32 Å². The molecule has 0 bridgehead atoms. The SMILES string of the molecule is CC1C(=O)NC(=O)CN1C(=O)C1CSc2ccccc21. The van der Waals surface area contributed by atoms with E-state index >= 15 is 0 Å². The maximum absolute atomic E-state index is 12.6. The molecule has 1 aromatic carbocycles. The number of benzene rings is 1. The first-order valence-corrected chi connectivity index (χ1v) is 7.42. The molecule has 0 aliphatic carbocycles. The van der Waals surface area contributed by atoms with Crippen LogP contribution in [0.2, 0.25) is 0 Å². The lowest BCUT2D eigenvalue weighted by molar-refractivity contribution is -0.149. The van der Waals surface area contributed by atoms with Gasteiger partial charge < -0.3 is 4.90 Å². The number of imide groups is 1. The topological polar surface area (TPSA) is 66.5 Å². The predicted octanol–water partition coefficient (Wildman–Crippen LogP) is 0.749. The number of nitrogens with zero attached hydrogens (tertiary/aromatic N) is 1. The third-order valence-corrected chi connectivity index (χ3v) is 4.89. The van der Waals surface area contributed by atoms with Gasteiger partial charge >= 0.3 is 0 Å². The van der Waals surface area contributed by atoms with Gasteiger partial charge in [0, 0.05) is 10.6 Å². The average Bonchev–Trinajstić information content (AvgIpc) is 2.86. The van der Waals surface area contributed by atoms with Crippen molar-refractivity contribution >= 4 is 29.5 Å². The Morgan fingerprint density at radius 3 is 2.90 bits per heavy atom. The van der Waals surface area contributed by atoms with Crippen LogP contribution in [-0.2, 0) is 14.4 Å². The predicted molar refractivity (Wildman–Crippen MR) is 74.2 cm³/mol. The van der Waals surface area contributed by atoms with Crippen LogP contribution in [0.25, 0.3) is 0 Å². The molecule has 2 heterocycles. The average molecular weight is 290 g/mol. The Kier molecular flexibility index (Phi) is 3.25. The highest BCUT2D eigenvalue weighted by molar-refractivity contribution is 7.99. The van der Waals surface area contributed by atoms with Crippen LogP contribution in [0.1, 0.15) is 18.4 Å². The number of carbonyl (C=O) groups is 3. The van der Waals surface area contributed by atoms with Gasteiger partial charge in [-0.3, -0.25) is 19.7 Å². The minimum absolute atomic E-state index is 0.0466. The summed E-state index contributed by atoms with van der Waals surface area (Å²) in [7, 11) is 0. The molecule has 20 heavy (non-hydrogen) atoms. The fourth-order valence-electron chi connectivity index (χ4n) is 2.55. The van der Waals surface area contributed by atoms with Gasteiger partial charge in [0.2, 0.25) is 17.7 Å². The fourth-order valence-corrected chi connectivity index (χ4v) is 3.77. The summed E-state index contributed by atoms with van der Waals surface area (Å²) in [5.74, 6) is -0.568. The third-order valence-electron chi connectivity index (χ3n) is 3.70. The summed E-state index contributed by atoms with van der Waals surface area (Å²) in [6, 6.07) is 7.18. The number of carbonyl (C=O) groups excluding carboxylic acids is 3. The molecule has 0 spiro atoms. The molecule has 2 atom stereocenters.